The van der Waals surface area contributed by atoms with Crippen molar-refractivity contribution in [2.75, 3.05) is 12.3 Å². The molecule has 1 aliphatic rings. The highest BCUT2D eigenvalue weighted by molar-refractivity contribution is 6.29. The molecule has 82 valence electrons. The van der Waals surface area contributed by atoms with Crippen molar-refractivity contribution in [3.8, 4) is 5.88 Å². The summed E-state index contributed by atoms with van der Waals surface area (Å²) >= 11 is 5.73. The van der Waals surface area contributed by atoms with Crippen LogP contribution >= 0.6 is 11.6 Å². The highest BCUT2D eigenvalue weighted by Crippen LogP contribution is 2.25. The maximum absolute atomic E-state index is 5.73. The minimum atomic E-state index is 0.156. The van der Waals surface area contributed by atoms with Crippen molar-refractivity contribution < 1.29 is 4.74 Å². The zero-order valence-electron chi connectivity index (χ0n) is 8.45. The van der Waals surface area contributed by atoms with Crippen LogP contribution in [-0.2, 0) is 0 Å². The van der Waals surface area contributed by atoms with E-state index in [2.05, 4.69) is 9.97 Å². The van der Waals surface area contributed by atoms with Gasteiger partial charge in [0.2, 0.25) is 11.8 Å². The van der Waals surface area contributed by atoms with Crippen molar-refractivity contribution >= 4 is 17.5 Å². The van der Waals surface area contributed by atoms with Gasteiger partial charge in [0.05, 0.1) is 6.61 Å². The van der Waals surface area contributed by atoms with E-state index in [0.29, 0.717) is 23.6 Å². The van der Waals surface area contributed by atoms with Gasteiger partial charge < -0.3 is 10.5 Å². The SMILES string of the molecule is Nc1nc(Cl)cc(OCC2CCCC2)n1. The van der Waals surface area contributed by atoms with E-state index in [1.165, 1.54) is 25.7 Å². The molecule has 0 atom stereocenters. The standard InChI is InChI=1S/C10H14ClN3O/c11-8-5-9(14-10(12)13-8)15-6-7-3-1-2-4-7/h5,7H,1-4,6H2,(H2,12,13,14). The molecule has 1 saturated carbocycles. The molecule has 15 heavy (non-hydrogen) atoms. The van der Waals surface area contributed by atoms with Crippen molar-refractivity contribution in [2.24, 2.45) is 5.92 Å². The summed E-state index contributed by atoms with van der Waals surface area (Å²) in [6.07, 6.45) is 5.10. The van der Waals surface area contributed by atoms with Gasteiger partial charge in [-0.2, -0.15) is 4.98 Å². The number of hydrogen-bond donors (Lipinski definition) is 1. The van der Waals surface area contributed by atoms with E-state index in [1.807, 2.05) is 0 Å². The van der Waals surface area contributed by atoms with Gasteiger partial charge in [0, 0.05) is 6.07 Å². The van der Waals surface area contributed by atoms with Crippen molar-refractivity contribution in [3.05, 3.63) is 11.2 Å². The molecule has 4 nitrogen and oxygen atoms in total. The van der Waals surface area contributed by atoms with Gasteiger partial charge in [-0.3, -0.25) is 0 Å². The molecule has 0 aliphatic heterocycles. The molecule has 2 N–H and O–H groups in total. The van der Waals surface area contributed by atoms with Gasteiger partial charge in [-0.05, 0) is 18.8 Å². The van der Waals surface area contributed by atoms with Crippen molar-refractivity contribution in [2.45, 2.75) is 25.7 Å². The Kier molecular flexibility index (Phi) is 3.26. The molecule has 0 bridgehead atoms. The Bertz CT molecular complexity index is 319. The van der Waals surface area contributed by atoms with Crippen LogP contribution < -0.4 is 10.5 Å². The van der Waals surface area contributed by atoms with E-state index < -0.39 is 0 Å². The number of nitrogens with zero attached hydrogens (tertiary/aromatic N) is 2. The molecule has 0 saturated heterocycles. The second-order valence-corrected chi connectivity index (χ2v) is 4.24. The monoisotopic (exact) mass is 227 g/mol. The Hall–Kier alpha value is -1.03. The average Bonchev–Trinajstić information content (AvgIpc) is 2.65. The van der Waals surface area contributed by atoms with Crippen LogP contribution in [0.15, 0.2) is 6.07 Å². The lowest BCUT2D eigenvalue weighted by molar-refractivity contribution is 0.243. The summed E-state index contributed by atoms with van der Waals surface area (Å²) in [5.41, 5.74) is 5.46. The maximum atomic E-state index is 5.73. The fourth-order valence-corrected chi connectivity index (χ4v) is 2.05. The highest BCUT2D eigenvalue weighted by atomic mass is 35.5. The van der Waals surface area contributed by atoms with E-state index in [9.17, 15) is 0 Å². The van der Waals surface area contributed by atoms with Gasteiger partial charge in [0.1, 0.15) is 5.15 Å². The molecular weight excluding hydrogens is 214 g/mol. The summed E-state index contributed by atoms with van der Waals surface area (Å²) in [5, 5.41) is 0.323. The number of halogens is 1. The van der Waals surface area contributed by atoms with Crippen molar-refractivity contribution in [1.29, 1.82) is 0 Å². The van der Waals surface area contributed by atoms with Crippen LogP contribution in [0.25, 0.3) is 0 Å². The number of hydrogen-bond acceptors (Lipinski definition) is 4. The topological polar surface area (TPSA) is 61.0 Å². The van der Waals surface area contributed by atoms with Gasteiger partial charge in [-0.25, -0.2) is 4.98 Å². The van der Waals surface area contributed by atoms with E-state index in [4.69, 9.17) is 22.1 Å². The molecule has 0 amide bonds. The largest absolute Gasteiger partial charge is 0.477 e. The average molecular weight is 228 g/mol. The maximum Gasteiger partial charge on any atom is 0.224 e. The predicted molar refractivity (Wildman–Crippen MR) is 58.9 cm³/mol. The first-order valence-corrected chi connectivity index (χ1v) is 5.54. The van der Waals surface area contributed by atoms with Crippen LogP contribution in [0.1, 0.15) is 25.7 Å². The molecule has 0 spiro atoms. The Balaban J connectivity index is 1.92. The third kappa shape index (κ3) is 2.96. The summed E-state index contributed by atoms with van der Waals surface area (Å²) in [4.78, 5) is 7.72. The fraction of sp³-hybridized carbons (Fsp3) is 0.600. The minimum absolute atomic E-state index is 0.156. The van der Waals surface area contributed by atoms with Crippen LogP contribution in [0.4, 0.5) is 5.95 Å². The van der Waals surface area contributed by atoms with Gasteiger partial charge in [-0.15, -0.1) is 0 Å². The van der Waals surface area contributed by atoms with Crippen LogP contribution in [0.2, 0.25) is 5.15 Å². The van der Waals surface area contributed by atoms with E-state index in [0.717, 1.165) is 0 Å². The number of ether oxygens (including phenoxy) is 1. The molecule has 1 aromatic heterocycles. The lowest BCUT2D eigenvalue weighted by atomic mass is 10.1. The lowest BCUT2D eigenvalue weighted by Crippen LogP contribution is -2.09. The predicted octanol–water partition coefficient (Wildman–Crippen LogP) is 2.28. The molecule has 0 aromatic carbocycles. The van der Waals surface area contributed by atoms with Crippen LogP contribution in [-0.4, -0.2) is 16.6 Å². The fourth-order valence-electron chi connectivity index (χ4n) is 1.87. The first-order chi connectivity index (χ1) is 7.24. The summed E-state index contributed by atoms with van der Waals surface area (Å²) in [6.45, 7) is 0.701. The molecular formula is C10H14ClN3O. The van der Waals surface area contributed by atoms with Gasteiger partial charge >= 0.3 is 0 Å². The molecule has 1 aliphatic carbocycles. The lowest BCUT2D eigenvalue weighted by Gasteiger charge is -2.10. The molecule has 5 heteroatoms. The van der Waals surface area contributed by atoms with Crippen molar-refractivity contribution in [3.63, 3.8) is 0 Å². The minimum Gasteiger partial charge on any atom is -0.477 e. The van der Waals surface area contributed by atoms with Crippen LogP contribution in [0.5, 0.6) is 5.88 Å². The number of anilines is 1. The smallest absolute Gasteiger partial charge is 0.224 e. The normalized spacial score (nSPS) is 16.9. The van der Waals surface area contributed by atoms with Gasteiger partial charge in [0.25, 0.3) is 0 Å². The second kappa shape index (κ2) is 4.66. The van der Waals surface area contributed by atoms with E-state index in [1.54, 1.807) is 6.07 Å². The number of nitrogen functional groups attached to an aromatic ring is 1. The zero-order chi connectivity index (χ0) is 10.7. The molecule has 1 heterocycles. The van der Waals surface area contributed by atoms with Gasteiger partial charge in [-0.1, -0.05) is 24.4 Å². The van der Waals surface area contributed by atoms with Crippen LogP contribution in [0.3, 0.4) is 0 Å². The Morgan fingerprint density at radius 3 is 2.80 bits per heavy atom. The number of nitrogens with two attached hydrogens (primary N) is 1. The second-order valence-electron chi connectivity index (χ2n) is 3.85. The zero-order valence-corrected chi connectivity index (χ0v) is 9.20. The molecule has 1 aromatic rings. The van der Waals surface area contributed by atoms with Crippen molar-refractivity contribution in [1.82, 2.24) is 9.97 Å². The van der Waals surface area contributed by atoms with Gasteiger partial charge in [0.15, 0.2) is 0 Å². The molecule has 1 fully saturated rings. The van der Waals surface area contributed by atoms with E-state index in [-0.39, 0.29) is 5.95 Å². The highest BCUT2D eigenvalue weighted by Gasteiger charge is 2.15. The Morgan fingerprint density at radius 2 is 2.13 bits per heavy atom. The Labute approximate surface area is 93.8 Å². The third-order valence-corrected chi connectivity index (χ3v) is 2.82. The first-order valence-electron chi connectivity index (χ1n) is 5.17. The van der Waals surface area contributed by atoms with Crippen LogP contribution in [0, 0.1) is 5.92 Å². The summed E-state index contributed by atoms with van der Waals surface area (Å²) < 4.78 is 5.54. The quantitative estimate of drug-likeness (QED) is 0.805. The summed E-state index contributed by atoms with van der Waals surface area (Å²) in [5.74, 6) is 1.28. The summed E-state index contributed by atoms with van der Waals surface area (Å²) in [6, 6.07) is 1.59. The molecule has 0 radical (unpaired) electrons. The third-order valence-electron chi connectivity index (χ3n) is 2.63. The Morgan fingerprint density at radius 1 is 1.40 bits per heavy atom. The molecule has 0 unspecified atom stereocenters. The number of aromatic nitrogens is 2. The molecule has 2 rings (SSSR count). The van der Waals surface area contributed by atoms with E-state index >= 15 is 0 Å². The first kappa shape index (κ1) is 10.5. The summed E-state index contributed by atoms with van der Waals surface area (Å²) in [7, 11) is 0. The number of rotatable bonds is 3.